The Balaban J connectivity index is 2.86. The standard InChI is InChI=1S/C11H12BrClN4O2/c1-19-11(18)10(15-4-5-16-17-14)7-2-3-9(13)8(12)6-7/h2-3,6,10,15H,4-5H2,1H3. The zero-order chi connectivity index (χ0) is 14.3. The number of methoxy groups -OCH3 is 1. The van der Waals surface area contributed by atoms with Crippen LogP contribution in [0.4, 0.5) is 0 Å². The molecule has 0 bridgehead atoms. The van der Waals surface area contributed by atoms with Gasteiger partial charge in [-0.05, 0) is 39.2 Å². The lowest BCUT2D eigenvalue weighted by molar-refractivity contribution is -0.143. The van der Waals surface area contributed by atoms with E-state index >= 15 is 0 Å². The van der Waals surface area contributed by atoms with Crippen LogP contribution in [0, 0.1) is 0 Å². The van der Waals surface area contributed by atoms with Crippen molar-refractivity contribution in [3.63, 3.8) is 0 Å². The van der Waals surface area contributed by atoms with Crippen LogP contribution < -0.4 is 5.32 Å². The number of carbonyl (C=O) groups is 1. The minimum atomic E-state index is -0.632. The molecule has 0 heterocycles. The number of azide groups is 1. The number of carbonyl (C=O) groups excluding carboxylic acids is 1. The van der Waals surface area contributed by atoms with Gasteiger partial charge in [0.2, 0.25) is 0 Å². The van der Waals surface area contributed by atoms with Crippen LogP contribution in [0.3, 0.4) is 0 Å². The van der Waals surface area contributed by atoms with Gasteiger partial charge in [-0.2, -0.15) is 0 Å². The first-order valence-electron chi connectivity index (χ1n) is 5.37. The summed E-state index contributed by atoms with van der Waals surface area (Å²) in [4.78, 5) is 14.4. The van der Waals surface area contributed by atoms with Crippen LogP contribution in [-0.2, 0) is 9.53 Å². The third-order valence-corrected chi connectivity index (χ3v) is 3.55. The van der Waals surface area contributed by atoms with E-state index in [-0.39, 0.29) is 6.54 Å². The number of halogens is 2. The van der Waals surface area contributed by atoms with Crippen LogP contribution in [0.5, 0.6) is 0 Å². The predicted octanol–water partition coefficient (Wildman–Crippen LogP) is 3.22. The van der Waals surface area contributed by atoms with Crippen LogP contribution in [-0.4, -0.2) is 26.2 Å². The van der Waals surface area contributed by atoms with Crippen LogP contribution >= 0.6 is 27.5 Å². The summed E-state index contributed by atoms with van der Waals surface area (Å²) in [6, 6.07) is 4.53. The van der Waals surface area contributed by atoms with E-state index in [1.54, 1.807) is 18.2 Å². The molecule has 1 atom stereocenters. The highest BCUT2D eigenvalue weighted by Gasteiger charge is 2.21. The van der Waals surface area contributed by atoms with E-state index < -0.39 is 12.0 Å². The van der Waals surface area contributed by atoms with Crippen molar-refractivity contribution in [3.05, 3.63) is 43.7 Å². The van der Waals surface area contributed by atoms with E-state index in [1.807, 2.05) is 0 Å². The van der Waals surface area contributed by atoms with Crippen molar-refractivity contribution in [1.82, 2.24) is 5.32 Å². The Morgan fingerprint density at radius 2 is 2.42 bits per heavy atom. The zero-order valence-electron chi connectivity index (χ0n) is 10.1. The van der Waals surface area contributed by atoms with Gasteiger partial charge < -0.3 is 10.1 Å². The maximum atomic E-state index is 11.7. The molecule has 0 aliphatic rings. The molecule has 1 rings (SSSR count). The van der Waals surface area contributed by atoms with Crippen LogP contribution in [0.15, 0.2) is 27.8 Å². The molecule has 19 heavy (non-hydrogen) atoms. The zero-order valence-corrected chi connectivity index (χ0v) is 12.5. The second-order valence-electron chi connectivity index (χ2n) is 3.54. The molecule has 0 aliphatic heterocycles. The molecule has 1 aromatic rings. The Bertz CT molecular complexity index is 505. The Kier molecular flexibility index (Phi) is 6.66. The predicted molar refractivity (Wildman–Crippen MR) is 75.9 cm³/mol. The third kappa shape index (κ3) is 4.72. The average Bonchev–Trinajstić information content (AvgIpc) is 2.41. The molecule has 0 spiro atoms. The lowest BCUT2D eigenvalue weighted by Crippen LogP contribution is -2.31. The summed E-state index contributed by atoms with van der Waals surface area (Å²) in [6.07, 6.45) is 0. The maximum Gasteiger partial charge on any atom is 0.327 e. The van der Waals surface area contributed by atoms with Gasteiger partial charge in [-0.1, -0.05) is 22.8 Å². The summed E-state index contributed by atoms with van der Waals surface area (Å²) in [6.45, 7) is 0.614. The van der Waals surface area contributed by atoms with Crippen molar-refractivity contribution in [2.45, 2.75) is 6.04 Å². The van der Waals surface area contributed by atoms with Crippen molar-refractivity contribution in [1.29, 1.82) is 0 Å². The molecule has 8 heteroatoms. The maximum absolute atomic E-state index is 11.7. The minimum absolute atomic E-state index is 0.249. The van der Waals surface area contributed by atoms with Crippen molar-refractivity contribution in [2.24, 2.45) is 5.11 Å². The fraction of sp³-hybridized carbons (Fsp3) is 0.364. The van der Waals surface area contributed by atoms with Gasteiger partial charge in [0, 0.05) is 22.5 Å². The molecule has 1 N–H and O–H groups in total. The first-order chi connectivity index (χ1) is 9.10. The third-order valence-electron chi connectivity index (χ3n) is 2.34. The summed E-state index contributed by atoms with van der Waals surface area (Å²) in [5.74, 6) is -0.421. The van der Waals surface area contributed by atoms with Crippen molar-refractivity contribution in [2.75, 3.05) is 20.2 Å². The van der Waals surface area contributed by atoms with Gasteiger partial charge in [0.05, 0.1) is 12.1 Å². The van der Waals surface area contributed by atoms with Gasteiger partial charge in [0.1, 0.15) is 6.04 Å². The van der Waals surface area contributed by atoms with Gasteiger partial charge in [-0.15, -0.1) is 0 Å². The van der Waals surface area contributed by atoms with Crippen LogP contribution in [0.1, 0.15) is 11.6 Å². The summed E-state index contributed by atoms with van der Waals surface area (Å²) >= 11 is 9.21. The molecular formula is C11H12BrClN4O2. The quantitative estimate of drug-likeness (QED) is 0.282. The largest absolute Gasteiger partial charge is 0.468 e. The van der Waals surface area contributed by atoms with E-state index in [0.29, 0.717) is 21.6 Å². The lowest BCUT2D eigenvalue weighted by Gasteiger charge is -2.16. The fourth-order valence-electron chi connectivity index (χ4n) is 1.45. The smallest absolute Gasteiger partial charge is 0.327 e. The summed E-state index contributed by atoms with van der Waals surface area (Å²) in [5.41, 5.74) is 8.90. The van der Waals surface area contributed by atoms with Crippen molar-refractivity contribution >= 4 is 33.5 Å². The van der Waals surface area contributed by atoms with Crippen molar-refractivity contribution in [3.8, 4) is 0 Å². The average molecular weight is 348 g/mol. The molecule has 1 aromatic carbocycles. The molecule has 0 aliphatic carbocycles. The SMILES string of the molecule is COC(=O)C(NCCN=[N+]=[N-])c1ccc(Cl)c(Br)c1. The number of esters is 1. The molecule has 102 valence electrons. The van der Waals surface area contributed by atoms with E-state index in [0.717, 1.165) is 0 Å². The van der Waals surface area contributed by atoms with Gasteiger partial charge in [-0.3, -0.25) is 0 Å². The second kappa shape index (κ2) is 8.01. The molecule has 6 nitrogen and oxygen atoms in total. The number of ether oxygens (including phenoxy) is 1. The van der Waals surface area contributed by atoms with Crippen molar-refractivity contribution < 1.29 is 9.53 Å². The Morgan fingerprint density at radius 1 is 1.68 bits per heavy atom. The minimum Gasteiger partial charge on any atom is -0.468 e. The highest BCUT2D eigenvalue weighted by molar-refractivity contribution is 9.10. The van der Waals surface area contributed by atoms with Crippen LogP contribution in [0.25, 0.3) is 10.4 Å². The normalized spacial score (nSPS) is 11.5. The highest BCUT2D eigenvalue weighted by Crippen LogP contribution is 2.26. The van der Waals surface area contributed by atoms with Gasteiger partial charge in [0.15, 0.2) is 0 Å². The Morgan fingerprint density at radius 3 is 3.00 bits per heavy atom. The van der Waals surface area contributed by atoms with Crippen LogP contribution in [0.2, 0.25) is 5.02 Å². The molecule has 0 aromatic heterocycles. The first kappa shape index (κ1) is 15.8. The molecule has 1 unspecified atom stereocenters. The monoisotopic (exact) mass is 346 g/mol. The molecular weight excluding hydrogens is 336 g/mol. The number of rotatable bonds is 6. The van der Waals surface area contributed by atoms with Gasteiger partial charge in [-0.25, -0.2) is 4.79 Å². The number of nitrogens with zero attached hydrogens (tertiary/aromatic N) is 3. The number of benzene rings is 1. The molecule has 0 amide bonds. The number of nitrogens with one attached hydrogen (secondary N) is 1. The van der Waals surface area contributed by atoms with E-state index in [9.17, 15) is 4.79 Å². The molecule has 0 saturated carbocycles. The number of hydrogen-bond donors (Lipinski definition) is 1. The fourth-order valence-corrected chi connectivity index (χ4v) is 1.96. The topological polar surface area (TPSA) is 87.1 Å². The Hall–Kier alpha value is -1.27. The summed E-state index contributed by atoms with van der Waals surface area (Å²) < 4.78 is 5.43. The molecule has 0 saturated heterocycles. The molecule has 0 radical (unpaired) electrons. The van der Waals surface area contributed by atoms with Gasteiger partial charge >= 0.3 is 5.97 Å². The summed E-state index contributed by atoms with van der Waals surface area (Å²) in [7, 11) is 1.31. The van der Waals surface area contributed by atoms with E-state index in [2.05, 4.69) is 31.3 Å². The highest BCUT2D eigenvalue weighted by atomic mass is 79.9. The number of hydrogen-bond acceptors (Lipinski definition) is 4. The van der Waals surface area contributed by atoms with E-state index in [1.165, 1.54) is 7.11 Å². The second-order valence-corrected chi connectivity index (χ2v) is 4.80. The first-order valence-corrected chi connectivity index (χ1v) is 6.54. The van der Waals surface area contributed by atoms with Gasteiger partial charge in [0.25, 0.3) is 0 Å². The Labute approximate surface area is 123 Å². The summed E-state index contributed by atoms with van der Waals surface area (Å²) in [5, 5.41) is 6.91. The molecule has 0 fully saturated rings. The lowest BCUT2D eigenvalue weighted by atomic mass is 10.1. The van der Waals surface area contributed by atoms with E-state index in [4.69, 9.17) is 21.9 Å².